The third-order valence-corrected chi connectivity index (χ3v) is 4.74. The number of phenolic OH excluding ortho intramolecular Hbond substituents is 1. The first-order valence-corrected chi connectivity index (χ1v) is 10.8. The van der Waals surface area contributed by atoms with Crippen LogP contribution in [0, 0.1) is 0 Å². The second kappa shape index (κ2) is 11.6. The van der Waals surface area contributed by atoms with Gasteiger partial charge in [0.2, 0.25) is 5.43 Å². The van der Waals surface area contributed by atoms with Gasteiger partial charge in [0.15, 0.2) is 17.5 Å². The number of phenols is 1. The maximum absolute atomic E-state index is 13.1. The van der Waals surface area contributed by atoms with Crippen molar-refractivity contribution in [2.75, 3.05) is 13.2 Å². The molecule has 1 aromatic heterocycles. The van der Waals surface area contributed by atoms with Crippen molar-refractivity contribution in [2.45, 2.75) is 19.9 Å². The van der Waals surface area contributed by atoms with Crippen molar-refractivity contribution in [1.82, 2.24) is 5.32 Å². The molecule has 0 saturated heterocycles. The zero-order valence-corrected chi connectivity index (χ0v) is 19.5. The molecule has 13 heteroatoms. The molecule has 0 saturated carbocycles. The van der Waals surface area contributed by atoms with Crippen molar-refractivity contribution < 1.29 is 52.8 Å². The molecule has 1 unspecified atom stereocenters. The highest BCUT2D eigenvalue weighted by molar-refractivity contribution is 5.99. The lowest BCUT2D eigenvalue weighted by Crippen LogP contribution is -2.36. The van der Waals surface area contributed by atoms with Gasteiger partial charge in [-0.25, -0.2) is 14.4 Å². The Morgan fingerprint density at radius 1 is 0.946 bits per heavy atom. The number of carboxylic acids is 1. The van der Waals surface area contributed by atoms with Gasteiger partial charge in [-0.2, -0.15) is 0 Å². The predicted molar refractivity (Wildman–Crippen MR) is 124 cm³/mol. The fourth-order valence-electron chi connectivity index (χ4n) is 3.09. The van der Waals surface area contributed by atoms with Crippen LogP contribution in [-0.4, -0.2) is 47.6 Å². The van der Waals surface area contributed by atoms with E-state index in [9.17, 15) is 34.2 Å². The summed E-state index contributed by atoms with van der Waals surface area (Å²) in [6.45, 7) is 3.04. The third kappa shape index (κ3) is 6.33. The predicted octanol–water partition coefficient (Wildman–Crippen LogP) is 3.12. The van der Waals surface area contributed by atoms with Crippen molar-refractivity contribution >= 4 is 35.2 Å². The number of ether oxygens (including phenoxy) is 4. The number of amides is 1. The van der Waals surface area contributed by atoms with Crippen molar-refractivity contribution in [2.24, 2.45) is 0 Å². The molecule has 1 atom stereocenters. The zero-order valence-electron chi connectivity index (χ0n) is 19.5. The number of aliphatic carboxylic acids is 1. The van der Waals surface area contributed by atoms with E-state index in [-0.39, 0.29) is 41.2 Å². The van der Waals surface area contributed by atoms with E-state index in [2.05, 4.69) is 5.32 Å². The molecule has 194 valence electrons. The first-order valence-electron chi connectivity index (χ1n) is 10.8. The van der Waals surface area contributed by atoms with E-state index in [0.717, 1.165) is 18.4 Å². The number of hydrogen-bond acceptors (Lipinski definition) is 11. The van der Waals surface area contributed by atoms with Gasteiger partial charge >= 0.3 is 18.3 Å². The van der Waals surface area contributed by atoms with Gasteiger partial charge in [-0.15, -0.1) is 0 Å². The number of fused-ring (bicyclic) bond motifs is 1. The quantitative estimate of drug-likeness (QED) is 0.294. The zero-order chi connectivity index (χ0) is 27.1. The largest absolute Gasteiger partial charge is 0.513 e. The van der Waals surface area contributed by atoms with Crippen LogP contribution in [0.3, 0.4) is 0 Å². The summed E-state index contributed by atoms with van der Waals surface area (Å²) in [5.41, 5.74) is -1.47. The Balaban J connectivity index is 2.01. The van der Waals surface area contributed by atoms with Gasteiger partial charge in [0, 0.05) is 6.07 Å². The first kappa shape index (κ1) is 26.5. The molecule has 0 aliphatic carbocycles. The molecule has 0 aliphatic rings. The second-order valence-corrected chi connectivity index (χ2v) is 7.18. The molecule has 1 heterocycles. The van der Waals surface area contributed by atoms with Crippen molar-refractivity contribution in [1.29, 1.82) is 0 Å². The van der Waals surface area contributed by atoms with Crippen LogP contribution in [0.25, 0.3) is 11.0 Å². The number of carbonyl (C=O) groups excluding carboxylic acids is 3. The molecule has 3 rings (SSSR count). The summed E-state index contributed by atoms with van der Waals surface area (Å²) in [5.74, 6) is -3.35. The number of benzene rings is 2. The minimum atomic E-state index is -1.55. The highest BCUT2D eigenvalue weighted by Crippen LogP contribution is 2.32. The molecular weight excluding hydrogens is 494 g/mol. The molecule has 13 nitrogen and oxygen atoms in total. The minimum absolute atomic E-state index is 0.00445. The van der Waals surface area contributed by atoms with E-state index in [4.69, 9.17) is 23.4 Å². The molecule has 1 amide bonds. The van der Waals surface area contributed by atoms with E-state index in [1.54, 1.807) is 6.92 Å². The highest BCUT2D eigenvalue weighted by Gasteiger charge is 2.26. The summed E-state index contributed by atoms with van der Waals surface area (Å²) in [6.07, 6.45) is -1.48. The maximum Gasteiger partial charge on any atom is 0.513 e. The fraction of sp³-hybridized carbons (Fsp3) is 0.208. The Morgan fingerprint density at radius 2 is 1.51 bits per heavy atom. The summed E-state index contributed by atoms with van der Waals surface area (Å²) >= 11 is 0. The molecule has 3 aromatic rings. The van der Waals surface area contributed by atoms with Gasteiger partial charge < -0.3 is 38.9 Å². The Morgan fingerprint density at radius 3 is 2.05 bits per heavy atom. The Bertz CT molecular complexity index is 1390. The van der Waals surface area contributed by atoms with Crippen LogP contribution in [0.4, 0.5) is 9.59 Å². The van der Waals surface area contributed by atoms with E-state index in [0.29, 0.717) is 0 Å². The van der Waals surface area contributed by atoms with Crippen molar-refractivity contribution in [3.63, 3.8) is 0 Å². The normalized spacial score (nSPS) is 11.3. The van der Waals surface area contributed by atoms with E-state index in [1.165, 1.54) is 31.2 Å². The molecule has 0 bridgehead atoms. The summed E-state index contributed by atoms with van der Waals surface area (Å²) in [6, 6.07) is 5.58. The highest BCUT2D eigenvalue weighted by atomic mass is 16.7. The lowest BCUT2D eigenvalue weighted by Gasteiger charge is -2.15. The van der Waals surface area contributed by atoms with Gasteiger partial charge in [0.25, 0.3) is 5.91 Å². The van der Waals surface area contributed by atoms with Crippen LogP contribution in [-0.2, 0) is 14.3 Å². The van der Waals surface area contributed by atoms with Crippen LogP contribution < -0.4 is 20.2 Å². The van der Waals surface area contributed by atoms with E-state index < -0.39 is 47.0 Å². The molecule has 37 heavy (non-hydrogen) atoms. The molecule has 0 spiro atoms. The summed E-state index contributed by atoms with van der Waals surface area (Å²) in [4.78, 5) is 61.3. The van der Waals surface area contributed by atoms with Gasteiger partial charge in [-0.1, -0.05) is 12.1 Å². The summed E-state index contributed by atoms with van der Waals surface area (Å²) in [7, 11) is 0. The maximum atomic E-state index is 13.1. The smallest absolute Gasteiger partial charge is 0.508 e. The van der Waals surface area contributed by atoms with E-state index in [1.807, 2.05) is 0 Å². The number of rotatable bonds is 8. The lowest BCUT2D eigenvalue weighted by atomic mass is 10.1. The topological polar surface area (TPSA) is 188 Å². The van der Waals surface area contributed by atoms with Crippen LogP contribution in [0.2, 0.25) is 0 Å². The first-order chi connectivity index (χ1) is 17.6. The fourth-order valence-corrected chi connectivity index (χ4v) is 3.09. The van der Waals surface area contributed by atoms with Crippen LogP contribution >= 0.6 is 0 Å². The van der Waals surface area contributed by atoms with Gasteiger partial charge in [0.1, 0.15) is 23.2 Å². The molecule has 0 fully saturated rings. The Hall–Kier alpha value is -5.07. The number of carboxylic acid groups (broad SMARTS) is 1. The van der Waals surface area contributed by atoms with Crippen molar-refractivity contribution in [3.8, 4) is 17.2 Å². The average molecular weight is 515 g/mol. The summed E-state index contributed by atoms with van der Waals surface area (Å²) in [5, 5.41) is 20.9. The molecular formula is C24H21NO12. The third-order valence-electron chi connectivity index (χ3n) is 4.74. The number of nitrogens with one attached hydrogen (secondary N) is 1. The molecule has 0 aliphatic heterocycles. The monoisotopic (exact) mass is 515 g/mol. The number of carbonyl (C=O) groups is 4. The SMILES string of the molecule is CCOC(=O)Oc1cc2occ(C(=O)NC(C(=O)O)c3ccc(O)cc3)c(=O)c2cc1OC(=O)OCC. The Labute approximate surface area is 208 Å². The molecule has 0 radical (unpaired) electrons. The lowest BCUT2D eigenvalue weighted by molar-refractivity contribution is -0.139. The van der Waals surface area contributed by atoms with Crippen LogP contribution in [0.5, 0.6) is 17.2 Å². The second-order valence-electron chi connectivity index (χ2n) is 7.18. The number of hydrogen-bond donors (Lipinski definition) is 3. The van der Waals surface area contributed by atoms with Gasteiger partial charge in [-0.3, -0.25) is 9.59 Å². The van der Waals surface area contributed by atoms with Crippen LogP contribution in [0.1, 0.15) is 35.8 Å². The van der Waals surface area contributed by atoms with Crippen molar-refractivity contribution in [3.05, 3.63) is 64.0 Å². The number of aromatic hydroxyl groups is 1. The molecule has 2 aromatic carbocycles. The summed E-state index contributed by atoms with van der Waals surface area (Å²) < 4.78 is 24.8. The van der Waals surface area contributed by atoms with E-state index >= 15 is 0 Å². The Kier molecular flexibility index (Phi) is 8.30. The van der Waals surface area contributed by atoms with Gasteiger partial charge in [-0.05, 0) is 37.6 Å². The minimum Gasteiger partial charge on any atom is -0.508 e. The standard InChI is InChI=1S/C24H21NO12/c1-3-33-23(31)36-17-9-14-16(10-18(17)37-24(32)34-4-2)35-11-15(20(14)27)21(28)25-19(22(29)30)12-5-7-13(26)8-6-12/h5-11,19,26H,3-4H2,1-2H3,(H,25,28)(H,29,30). The average Bonchev–Trinajstić information content (AvgIpc) is 2.84. The molecule has 3 N–H and O–H groups in total. The van der Waals surface area contributed by atoms with Crippen LogP contribution in [0.15, 0.2) is 51.9 Å². The van der Waals surface area contributed by atoms with Gasteiger partial charge in [0.05, 0.1) is 18.6 Å².